The average Bonchev–Trinajstić information content (AvgIpc) is 2.68. The van der Waals surface area contributed by atoms with Gasteiger partial charge in [-0.25, -0.2) is 9.97 Å². The van der Waals surface area contributed by atoms with Crippen molar-refractivity contribution < 1.29 is 4.21 Å². The molecule has 4 nitrogen and oxygen atoms in total. The van der Waals surface area contributed by atoms with Crippen LogP contribution in [0.25, 0.3) is 0 Å². The zero-order valence-corrected chi connectivity index (χ0v) is 10.6. The second-order valence-corrected chi connectivity index (χ2v) is 5.70. The number of aryl methyl sites for hydroxylation is 1. The number of hydrogen-bond acceptors (Lipinski definition) is 4. The van der Waals surface area contributed by atoms with Gasteiger partial charge in [0.1, 0.15) is 5.15 Å². The maximum atomic E-state index is 12.0. The Bertz CT molecular complexity index is 387. The van der Waals surface area contributed by atoms with Crippen molar-refractivity contribution >= 4 is 22.4 Å². The molecule has 6 heteroatoms. The van der Waals surface area contributed by atoms with Crippen LogP contribution in [0.5, 0.6) is 0 Å². The van der Waals surface area contributed by atoms with Crippen molar-refractivity contribution in [1.82, 2.24) is 15.3 Å². The van der Waals surface area contributed by atoms with Crippen LogP contribution < -0.4 is 5.32 Å². The molecule has 0 bridgehead atoms. The molecular formula is C10H14ClN3OS. The number of rotatable bonds is 3. The van der Waals surface area contributed by atoms with E-state index in [9.17, 15) is 4.21 Å². The van der Waals surface area contributed by atoms with Gasteiger partial charge >= 0.3 is 0 Å². The van der Waals surface area contributed by atoms with E-state index in [0.29, 0.717) is 22.1 Å². The van der Waals surface area contributed by atoms with Gasteiger partial charge in [-0.15, -0.1) is 0 Å². The topological polar surface area (TPSA) is 54.9 Å². The monoisotopic (exact) mass is 259 g/mol. The Morgan fingerprint density at radius 3 is 3.06 bits per heavy atom. The van der Waals surface area contributed by atoms with Gasteiger partial charge in [-0.3, -0.25) is 4.21 Å². The molecule has 1 fully saturated rings. The Balaban J connectivity index is 2.07. The first-order valence-electron chi connectivity index (χ1n) is 5.28. The van der Waals surface area contributed by atoms with Gasteiger partial charge in [0.25, 0.3) is 0 Å². The van der Waals surface area contributed by atoms with Crippen molar-refractivity contribution in [3.05, 3.63) is 16.9 Å². The van der Waals surface area contributed by atoms with Crippen molar-refractivity contribution in [2.24, 2.45) is 0 Å². The minimum atomic E-state index is -1.16. The molecular weight excluding hydrogens is 246 g/mol. The Hall–Kier alpha value is -0.520. The summed E-state index contributed by atoms with van der Waals surface area (Å²) in [6.45, 7) is 2.83. The summed E-state index contributed by atoms with van der Waals surface area (Å²) < 4.78 is 12.0. The van der Waals surface area contributed by atoms with Crippen LogP contribution in [0.15, 0.2) is 11.2 Å². The van der Waals surface area contributed by atoms with Gasteiger partial charge in [0.2, 0.25) is 5.16 Å². The molecule has 2 heterocycles. The van der Waals surface area contributed by atoms with E-state index in [-0.39, 0.29) is 0 Å². The van der Waals surface area contributed by atoms with Crippen molar-refractivity contribution in [2.75, 3.05) is 12.3 Å². The van der Waals surface area contributed by atoms with Crippen molar-refractivity contribution in [1.29, 1.82) is 0 Å². The fraction of sp³-hybridized carbons (Fsp3) is 0.600. The van der Waals surface area contributed by atoms with E-state index in [4.69, 9.17) is 11.6 Å². The zero-order valence-electron chi connectivity index (χ0n) is 9.07. The summed E-state index contributed by atoms with van der Waals surface area (Å²) in [5.74, 6) is 0.569. The molecule has 1 N–H and O–H groups in total. The van der Waals surface area contributed by atoms with Gasteiger partial charge in [-0.05, 0) is 32.4 Å². The van der Waals surface area contributed by atoms with Crippen molar-refractivity contribution in [3.8, 4) is 0 Å². The molecule has 0 aromatic carbocycles. The summed E-state index contributed by atoms with van der Waals surface area (Å²) in [5.41, 5.74) is 0.753. The highest BCUT2D eigenvalue weighted by molar-refractivity contribution is 7.84. The highest BCUT2D eigenvalue weighted by Gasteiger charge is 2.19. The lowest BCUT2D eigenvalue weighted by Gasteiger charge is -2.08. The SMILES string of the molecule is Cc1cc(Cl)nc([S@@](=O)C[C@H]2CCCN2)n1. The summed E-state index contributed by atoms with van der Waals surface area (Å²) in [6.07, 6.45) is 2.22. The zero-order chi connectivity index (χ0) is 11.5. The largest absolute Gasteiger partial charge is 0.313 e. The molecule has 88 valence electrons. The second-order valence-electron chi connectivity index (χ2n) is 3.92. The highest BCUT2D eigenvalue weighted by Crippen LogP contribution is 2.12. The highest BCUT2D eigenvalue weighted by atomic mass is 35.5. The molecule has 2 rings (SSSR count). The first-order chi connectivity index (χ1) is 7.65. The van der Waals surface area contributed by atoms with Gasteiger partial charge in [0.05, 0.1) is 10.8 Å². The van der Waals surface area contributed by atoms with Crippen LogP contribution in [0, 0.1) is 6.92 Å². The molecule has 1 saturated heterocycles. The van der Waals surface area contributed by atoms with Gasteiger partial charge in [0, 0.05) is 17.5 Å². The third-order valence-electron chi connectivity index (χ3n) is 2.52. The fourth-order valence-electron chi connectivity index (χ4n) is 1.76. The normalized spacial score (nSPS) is 22.2. The van der Waals surface area contributed by atoms with E-state index in [1.165, 1.54) is 0 Å². The smallest absolute Gasteiger partial charge is 0.220 e. The van der Waals surface area contributed by atoms with Gasteiger partial charge < -0.3 is 5.32 Å². The van der Waals surface area contributed by atoms with E-state index in [1.807, 2.05) is 6.92 Å². The van der Waals surface area contributed by atoms with Crippen LogP contribution in [0.2, 0.25) is 5.15 Å². The average molecular weight is 260 g/mol. The lowest BCUT2D eigenvalue weighted by Crippen LogP contribution is -2.28. The quantitative estimate of drug-likeness (QED) is 0.657. The number of nitrogens with zero attached hydrogens (tertiary/aromatic N) is 2. The molecule has 0 unspecified atom stereocenters. The molecule has 0 spiro atoms. The van der Waals surface area contributed by atoms with Gasteiger partial charge in [0.15, 0.2) is 0 Å². The Labute approximate surface area is 102 Å². The lowest BCUT2D eigenvalue weighted by molar-refractivity contribution is 0.637. The van der Waals surface area contributed by atoms with Gasteiger partial charge in [-0.2, -0.15) is 0 Å². The maximum absolute atomic E-state index is 12.0. The summed E-state index contributed by atoms with van der Waals surface area (Å²) in [7, 11) is -1.16. The second kappa shape index (κ2) is 5.21. The third kappa shape index (κ3) is 2.99. The molecule has 2 atom stereocenters. The van der Waals surface area contributed by atoms with Crippen LogP contribution in [0.3, 0.4) is 0 Å². The van der Waals surface area contributed by atoms with Crippen molar-refractivity contribution in [2.45, 2.75) is 31.0 Å². The van der Waals surface area contributed by atoms with E-state index in [2.05, 4.69) is 15.3 Å². The predicted octanol–water partition coefficient (Wildman–Crippen LogP) is 1.30. The molecule has 16 heavy (non-hydrogen) atoms. The molecule has 1 aliphatic rings. The molecule has 1 aliphatic heterocycles. The minimum absolute atomic E-state index is 0.323. The summed E-state index contributed by atoms with van der Waals surface area (Å²) in [5, 5.41) is 4.01. The van der Waals surface area contributed by atoms with E-state index < -0.39 is 10.8 Å². The predicted molar refractivity (Wildman–Crippen MR) is 64.1 cm³/mol. The molecule has 1 aromatic heterocycles. The van der Waals surface area contributed by atoms with Crippen molar-refractivity contribution in [3.63, 3.8) is 0 Å². The third-order valence-corrected chi connectivity index (χ3v) is 4.01. The number of hydrogen-bond donors (Lipinski definition) is 1. The van der Waals surface area contributed by atoms with Crippen LogP contribution in [0.4, 0.5) is 0 Å². The minimum Gasteiger partial charge on any atom is -0.313 e. The molecule has 0 aliphatic carbocycles. The van der Waals surface area contributed by atoms with E-state index >= 15 is 0 Å². The Kier molecular flexibility index (Phi) is 3.89. The summed E-state index contributed by atoms with van der Waals surface area (Å²) >= 11 is 5.81. The summed E-state index contributed by atoms with van der Waals surface area (Å²) in [4.78, 5) is 8.15. The lowest BCUT2D eigenvalue weighted by atomic mass is 10.3. The van der Waals surface area contributed by atoms with Crippen LogP contribution in [-0.4, -0.2) is 32.5 Å². The van der Waals surface area contributed by atoms with E-state index in [1.54, 1.807) is 6.07 Å². The standard InChI is InChI=1S/C10H14ClN3OS/c1-7-5-9(11)14-10(13-7)16(15)6-8-3-2-4-12-8/h5,8,12H,2-4,6H2,1H3/t8-,16+/m1/s1. The van der Waals surface area contributed by atoms with Gasteiger partial charge in [-0.1, -0.05) is 11.6 Å². The first-order valence-corrected chi connectivity index (χ1v) is 6.98. The number of nitrogens with one attached hydrogen (secondary N) is 1. The number of aromatic nitrogens is 2. The Morgan fingerprint density at radius 2 is 2.44 bits per heavy atom. The fourth-order valence-corrected chi connectivity index (χ4v) is 3.30. The molecule has 0 radical (unpaired) electrons. The maximum Gasteiger partial charge on any atom is 0.220 e. The van der Waals surface area contributed by atoms with Crippen LogP contribution in [-0.2, 0) is 10.8 Å². The molecule has 1 aromatic rings. The molecule has 0 saturated carbocycles. The first kappa shape index (κ1) is 12.0. The Morgan fingerprint density at radius 1 is 1.62 bits per heavy atom. The summed E-state index contributed by atoms with van der Waals surface area (Å²) in [6, 6.07) is 1.99. The van der Waals surface area contributed by atoms with Crippen LogP contribution >= 0.6 is 11.6 Å². The van der Waals surface area contributed by atoms with Crippen LogP contribution in [0.1, 0.15) is 18.5 Å². The number of halogens is 1. The van der Waals surface area contributed by atoms with E-state index in [0.717, 1.165) is 25.1 Å². The molecule has 0 amide bonds.